The molecule has 1 unspecified atom stereocenters. The minimum Gasteiger partial charge on any atom is -0.339 e. The van der Waals surface area contributed by atoms with Crippen molar-refractivity contribution >= 4 is 11.8 Å². The predicted octanol–water partition coefficient (Wildman–Crippen LogP) is 5.91. The molecular weight excluding hydrogens is 432 g/mol. The summed E-state index contributed by atoms with van der Waals surface area (Å²) in [6, 6.07) is 30.6. The molecule has 0 saturated carbocycles. The fourth-order valence-corrected chi connectivity index (χ4v) is 4.23. The van der Waals surface area contributed by atoms with Crippen molar-refractivity contribution in [3.63, 3.8) is 0 Å². The molecule has 0 aliphatic carbocycles. The maximum Gasteiger partial charge on any atom is 0.224 e. The Morgan fingerprint density at radius 1 is 0.657 bits per heavy atom. The van der Waals surface area contributed by atoms with Crippen molar-refractivity contribution in [2.45, 2.75) is 58.5 Å². The topological polar surface area (TPSA) is 40.6 Å². The summed E-state index contributed by atoms with van der Waals surface area (Å²) >= 11 is 0. The van der Waals surface area contributed by atoms with Gasteiger partial charge in [-0.05, 0) is 42.9 Å². The van der Waals surface area contributed by atoms with Crippen LogP contribution in [-0.4, -0.2) is 40.7 Å². The van der Waals surface area contributed by atoms with Gasteiger partial charge in [-0.15, -0.1) is 0 Å². The van der Waals surface area contributed by atoms with E-state index in [0.717, 1.165) is 30.4 Å². The summed E-state index contributed by atoms with van der Waals surface area (Å²) < 4.78 is 0. The summed E-state index contributed by atoms with van der Waals surface area (Å²) in [4.78, 5) is 30.3. The molecule has 0 N–H and O–H groups in total. The molecule has 3 aromatic rings. The van der Waals surface area contributed by atoms with Gasteiger partial charge in [0.1, 0.15) is 0 Å². The molecule has 0 aliphatic heterocycles. The van der Waals surface area contributed by atoms with Gasteiger partial charge in [0.15, 0.2) is 0 Å². The first-order chi connectivity index (χ1) is 17.1. The van der Waals surface area contributed by atoms with Gasteiger partial charge in [-0.25, -0.2) is 0 Å². The summed E-state index contributed by atoms with van der Waals surface area (Å²) in [5.41, 5.74) is 3.50. The molecule has 1 atom stereocenters. The van der Waals surface area contributed by atoms with E-state index < -0.39 is 0 Å². The first kappa shape index (κ1) is 26.2. The number of amides is 2. The normalized spacial score (nSPS) is 11.6. The summed E-state index contributed by atoms with van der Waals surface area (Å²) in [5, 5.41) is 0. The Morgan fingerprint density at radius 3 is 1.71 bits per heavy atom. The van der Waals surface area contributed by atoms with Gasteiger partial charge < -0.3 is 9.80 Å². The van der Waals surface area contributed by atoms with Crippen molar-refractivity contribution in [1.29, 1.82) is 0 Å². The second-order valence-corrected chi connectivity index (χ2v) is 9.12. The maximum atomic E-state index is 13.4. The Kier molecular flexibility index (Phi) is 10.6. The van der Waals surface area contributed by atoms with E-state index in [2.05, 4.69) is 50.2 Å². The van der Waals surface area contributed by atoms with E-state index in [9.17, 15) is 9.59 Å². The lowest BCUT2D eigenvalue weighted by Crippen LogP contribution is -2.42. The molecule has 3 aromatic carbocycles. The smallest absolute Gasteiger partial charge is 0.224 e. The molecule has 2 amide bonds. The molecule has 4 nitrogen and oxygen atoms in total. The number of aryl methyl sites for hydroxylation is 1. The predicted molar refractivity (Wildman–Crippen MR) is 143 cm³/mol. The third-order valence-corrected chi connectivity index (χ3v) is 6.56. The van der Waals surface area contributed by atoms with Gasteiger partial charge in [0, 0.05) is 38.5 Å². The van der Waals surface area contributed by atoms with Crippen molar-refractivity contribution < 1.29 is 9.59 Å². The van der Waals surface area contributed by atoms with Crippen LogP contribution in [0.2, 0.25) is 0 Å². The van der Waals surface area contributed by atoms with Crippen molar-refractivity contribution in [2.24, 2.45) is 0 Å². The lowest BCUT2D eigenvalue weighted by Gasteiger charge is -2.30. The fourth-order valence-electron chi connectivity index (χ4n) is 4.23. The fraction of sp³-hybridized carbons (Fsp3) is 0.355. The number of carbonyl (C=O) groups is 2. The quantitative estimate of drug-likeness (QED) is 0.312. The van der Waals surface area contributed by atoms with Gasteiger partial charge in [-0.3, -0.25) is 9.59 Å². The Balaban J connectivity index is 1.62. The molecule has 0 saturated heterocycles. The van der Waals surface area contributed by atoms with E-state index >= 15 is 0 Å². The minimum absolute atomic E-state index is 0.0916. The molecule has 3 rings (SSSR count). The third kappa shape index (κ3) is 8.71. The van der Waals surface area contributed by atoms with Crippen LogP contribution in [0.5, 0.6) is 0 Å². The minimum atomic E-state index is 0.0916. The van der Waals surface area contributed by atoms with Crippen LogP contribution in [0.1, 0.15) is 49.8 Å². The Labute approximate surface area is 210 Å². The van der Waals surface area contributed by atoms with Crippen LogP contribution < -0.4 is 0 Å². The third-order valence-electron chi connectivity index (χ3n) is 6.56. The molecule has 4 heteroatoms. The molecule has 184 valence electrons. The highest BCUT2D eigenvalue weighted by Gasteiger charge is 2.22. The van der Waals surface area contributed by atoms with Crippen molar-refractivity contribution in [3.8, 4) is 0 Å². The summed E-state index contributed by atoms with van der Waals surface area (Å²) in [6.07, 6.45) is 3.20. The second kappa shape index (κ2) is 14.1. The van der Waals surface area contributed by atoms with Gasteiger partial charge in [-0.1, -0.05) is 97.9 Å². The highest BCUT2D eigenvalue weighted by Crippen LogP contribution is 2.13. The van der Waals surface area contributed by atoms with Crippen molar-refractivity contribution in [2.75, 3.05) is 13.1 Å². The van der Waals surface area contributed by atoms with Crippen LogP contribution in [0.4, 0.5) is 0 Å². The highest BCUT2D eigenvalue weighted by molar-refractivity contribution is 5.79. The first-order valence-electron chi connectivity index (χ1n) is 12.8. The number of nitrogens with zero attached hydrogens (tertiary/aromatic N) is 2. The van der Waals surface area contributed by atoms with Crippen LogP contribution in [0.15, 0.2) is 91.0 Å². The molecule has 0 spiro atoms. The van der Waals surface area contributed by atoms with E-state index in [4.69, 9.17) is 0 Å². The first-order valence-corrected chi connectivity index (χ1v) is 12.8. The van der Waals surface area contributed by atoms with Crippen LogP contribution >= 0.6 is 0 Å². The number of hydrogen-bond donors (Lipinski definition) is 0. The van der Waals surface area contributed by atoms with Crippen LogP contribution in [0.3, 0.4) is 0 Å². The van der Waals surface area contributed by atoms with E-state index in [1.54, 1.807) is 0 Å². The highest BCUT2D eigenvalue weighted by atomic mass is 16.2. The Morgan fingerprint density at radius 2 is 1.17 bits per heavy atom. The van der Waals surface area contributed by atoms with Gasteiger partial charge in [0.25, 0.3) is 0 Å². The van der Waals surface area contributed by atoms with Crippen LogP contribution in [0.25, 0.3) is 0 Å². The van der Waals surface area contributed by atoms with Crippen LogP contribution in [-0.2, 0) is 29.0 Å². The average molecular weight is 471 g/mol. The lowest BCUT2D eigenvalue weighted by atomic mass is 10.1. The standard InChI is InChI=1S/C31H38N2O2/c1-3-26(2)33(31(35)20-19-27-13-7-4-8-14-27)24-22-30(34)32(25-29-17-11-6-12-18-29)23-21-28-15-9-5-10-16-28/h4-18,26H,3,19-25H2,1-2H3. The van der Waals surface area contributed by atoms with E-state index in [1.165, 1.54) is 5.56 Å². The maximum absolute atomic E-state index is 13.4. The largest absolute Gasteiger partial charge is 0.339 e. The zero-order chi connectivity index (χ0) is 24.9. The van der Waals surface area contributed by atoms with E-state index in [1.807, 2.05) is 64.4 Å². The van der Waals surface area contributed by atoms with Crippen molar-refractivity contribution in [3.05, 3.63) is 108 Å². The van der Waals surface area contributed by atoms with E-state index in [0.29, 0.717) is 32.5 Å². The van der Waals surface area contributed by atoms with E-state index in [-0.39, 0.29) is 17.9 Å². The van der Waals surface area contributed by atoms with Crippen molar-refractivity contribution in [1.82, 2.24) is 9.80 Å². The lowest BCUT2D eigenvalue weighted by molar-refractivity contribution is -0.136. The summed E-state index contributed by atoms with van der Waals surface area (Å²) in [6.45, 7) is 5.85. The average Bonchev–Trinajstić information content (AvgIpc) is 2.91. The summed E-state index contributed by atoms with van der Waals surface area (Å²) in [5.74, 6) is 0.212. The van der Waals surface area contributed by atoms with Gasteiger partial charge in [0.05, 0.1) is 0 Å². The molecule has 0 aliphatic rings. The molecule has 0 fully saturated rings. The SMILES string of the molecule is CCC(C)N(CCC(=O)N(CCc1ccccc1)Cc1ccccc1)C(=O)CCc1ccccc1. The molecule has 35 heavy (non-hydrogen) atoms. The zero-order valence-corrected chi connectivity index (χ0v) is 21.1. The molecule has 0 heterocycles. The Hall–Kier alpha value is -3.40. The Bertz CT molecular complexity index is 1020. The molecule has 0 bridgehead atoms. The number of carbonyl (C=O) groups excluding carboxylic acids is 2. The number of hydrogen-bond acceptors (Lipinski definition) is 2. The molecular formula is C31H38N2O2. The van der Waals surface area contributed by atoms with Gasteiger partial charge in [-0.2, -0.15) is 0 Å². The number of benzene rings is 3. The zero-order valence-electron chi connectivity index (χ0n) is 21.1. The second-order valence-electron chi connectivity index (χ2n) is 9.12. The van der Waals surface area contributed by atoms with Gasteiger partial charge >= 0.3 is 0 Å². The molecule has 0 aromatic heterocycles. The number of rotatable bonds is 13. The van der Waals surface area contributed by atoms with Crippen LogP contribution in [0, 0.1) is 0 Å². The monoisotopic (exact) mass is 470 g/mol. The summed E-state index contributed by atoms with van der Waals surface area (Å²) in [7, 11) is 0. The molecule has 0 radical (unpaired) electrons. The van der Waals surface area contributed by atoms with Gasteiger partial charge in [0.2, 0.25) is 11.8 Å².